The molecule has 0 aromatic rings. The molecule has 0 aromatic heterocycles. The zero-order valence-corrected chi connectivity index (χ0v) is 9.48. The number of hydrogen-bond donors (Lipinski definition) is 0. The number of hydrogen-bond acceptors (Lipinski definition) is 1. The van der Waals surface area contributed by atoms with E-state index in [4.69, 9.17) is 4.74 Å². The topological polar surface area (TPSA) is 9.23 Å². The van der Waals surface area contributed by atoms with E-state index in [1.807, 2.05) is 0 Å². The van der Waals surface area contributed by atoms with Gasteiger partial charge in [0.05, 0.1) is 6.10 Å². The summed E-state index contributed by atoms with van der Waals surface area (Å²) in [5.74, 6) is 0.882. The van der Waals surface area contributed by atoms with Crippen LogP contribution in [0.5, 0.6) is 0 Å². The van der Waals surface area contributed by atoms with Gasteiger partial charge in [0.15, 0.2) is 0 Å². The Hall–Kier alpha value is 0.440. The fourth-order valence-electron chi connectivity index (χ4n) is 1.83. The molecule has 1 aliphatic carbocycles. The monoisotopic (exact) mass is 234 g/mol. The van der Waals surface area contributed by atoms with Crippen LogP contribution in [0.4, 0.5) is 0 Å². The minimum atomic E-state index is 0.563. The summed E-state index contributed by atoms with van der Waals surface area (Å²) in [7, 11) is 0. The van der Waals surface area contributed by atoms with Gasteiger partial charge >= 0.3 is 0 Å². The summed E-state index contributed by atoms with van der Waals surface area (Å²) in [6.07, 6.45) is 7.03. The highest BCUT2D eigenvalue weighted by Gasteiger charge is 2.18. The van der Waals surface area contributed by atoms with Crippen molar-refractivity contribution < 1.29 is 4.74 Å². The van der Waals surface area contributed by atoms with Gasteiger partial charge < -0.3 is 4.74 Å². The first-order valence-electron chi connectivity index (χ1n) is 5.00. The maximum absolute atomic E-state index is 5.76. The van der Waals surface area contributed by atoms with E-state index in [1.165, 1.54) is 25.7 Å². The average Bonchev–Trinajstić information content (AvgIpc) is 2.05. The Morgan fingerprint density at radius 2 is 2.25 bits per heavy atom. The highest BCUT2D eigenvalue weighted by atomic mass is 79.9. The van der Waals surface area contributed by atoms with Crippen LogP contribution in [0.25, 0.3) is 0 Å². The molecular weight excluding hydrogens is 216 g/mol. The molecule has 0 aromatic carbocycles. The summed E-state index contributed by atoms with van der Waals surface area (Å²) in [4.78, 5) is 0. The van der Waals surface area contributed by atoms with Crippen molar-refractivity contribution in [1.82, 2.24) is 0 Å². The third-order valence-corrected chi connectivity index (χ3v) is 3.08. The Bertz CT molecular complexity index is 116. The summed E-state index contributed by atoms with van der Waals surface area (Å²) >= 11 is 3.41. The Morgan fingerprint density at radius 1 is 1.42 bits per heavy atom. The van der Waals surface area contributed by atoms with Crippen LogP contribution < -0.4 is 0 Å². The number of alkyl halides is 1. The molecule has 1 rings (SSSR count). The second kappa shape index (κ2) is 5.98. The molecule has 0 N–H and O–H groups in total. The van der Waals surface area contributed by atoms with Crippen molar-refractivity contribution in [3.63, 3.8) is 0 Å². The van der Waals surface area contributed by atoms with Crippen molar-refractivity contribution >= 4 is 15.9 Å². The molecule has 0 heterocycles. The molecule has 2 atom stereocenters. The second-order valence-corrected chi connectivity index (χ2v) is 4.60. The zero-order valence-electron chi connectivity index (χ0n) is 7.89. The first-order valence-corrected chi connectivity index (χ1v) is 6.12. The van der Waals surface area contributed by atoms with E-state index in [-0.39, 0.29) is 0 Å². The first kappa shape index (κ1) is 10.5. The maximum atomic E-state index is 5.76. The summed E-state index contributed by atoms with van der Waals surface area (Å²) in [5, 5.41) is 1.06. The molecule has 2 unspecified atom stereocenters. The Balaban J connectivity index is 2.06. The van der Waals surface area contributed by atoms with Crippen LogP contribution in [0.15, 0.2) is 0 Å². The van der Waals surface area contributed by atoms with Gasteiger partial charge in [-0.25, -0.2) is 0 Å². The Kier molecular flexibility index (Phi) is 5.24. The van der Waals surface area contributed by atoms with Gasteiger partial charge in [-0.05, 0) is 25.2 Å². The van der Waals surface area contributed by atoms with Crippen molar-refractivity contribution in [2.45, 2.75) is 45.1 Å². The predicted molar refractivity (Wildman–Crippen MR) is 55.8 cm³/mol. The van der Waals surface area contributed by atoms with Gasteiger partial charge in [0.25, 0.3) is 0 Å². The molecule has 1 nitrogen and oxygen atoms in total. The minimum Gasteiger partial charge on any atom is -0.378 e. The number of ether oxygens (including phenoxy) is 1. The molecule has 1 fully saturated rings. The van der Waals surface area contributed by atoms with E-state index in [0.29, 0.717) is 6.10 Å². The van der Waals surface area contributed by atoms with E-state index in [0.717, 1.165) is 24.3 Å². The van der Waals surface area contributed by atoms with Crippen molar-refractivity contribution in [2.75, 3.05) is 11.9 Å². The molecule has 1 saturated carbocycles. The molecule has 2 heteroatoms. The normalized spacial score (nSPS) is 30.5. The molecule has 72 valence electrons. The van der Waals surface area contributed by atoms with E-state index >= 15 is 0 Å². The van der Waals surface area contributed by atoms with Gasteiger partial charge in [0, 0.05) is 11.9 Å². The van der Waals surface area contributed by atoms with Crippen LogP contribution in [-0.2, 0) is 4.74 Å². The van der Waals surface area contributed by atoms with E-state index in [2.05, 4.69) is 22.9 Å². The lowest BCUT2D eigenvalue weighted by molar-refractivity contribution is 0.0165. The maximum Gasteiger partial charge on any atom is 0.0577 e. The molecule has 0 saturated heterocycles. The summed E-state index contributed by atoms with van der Waals surface area (Å²) in [6.45, 7) is 3.27. The Labute approximate surface area is 84.0 Å². The van der Waals surface area contributed by atoms with Gasteiger partial charge in [0.2, 0.25) is 0 Å². The standard InChI is InChI=1S/C10H19BrO/c1-9-4-2-5-10(8-9)12-7-3-6-11/h9-10H,2-8H2,1H3. The third-order valence-electron chi connectivity index (χ3n) is 2.52. The Morgan fingerprint density at radius 3 is 2.92 bits per heavy atom. The summed E-state index contributed by atoms with van der Waals surface area (Å²) in [5.41, 5.74) is 0. The van der Waals surface area contributed by atoms with Crippen LogP contribution in [0.1, 0.15) is 39.0 Å². The highest BCUT2D eigenvalue weighted by Crippen LogP contribution is 2.25. The average molecular weight is 235 g/mol. The fraction of sp³-hybridized carbons (Fsp3) is 1.00. The van der Waals surface area contributed by atoms with Gasteiger partial charge in [-0.2, -0.15) is 0 Å². The second-order valence-electron chi connectivity index (χ2n) is 3.81. The van der Waals surface area contributed by atoms with Crippen molar-refractivity contribution in [1.29, 1.82) is 0 Å². The van der Waals surface area contributed by atoms with Gasteiger partial charge in [0.1, 0.15) is 0 Å². The van der Waals surface area contributed by atoms with Crippen LogP contribution in [0.2, 0.25) is 0 Å². The lowest BCUT2D eigenvalue weighted by Crippen LogP contribution is -2.21. The van der Waals surface area contributed by atoms with Crippen molar-refractivity contribution in [3.8, 4) is 0 Å². The molecule has 12 heavy (non-hydrogen) atoms. The third kappa shape index (κ3) is 3.90. The fourth-order valence-corrected chi connectivity index (χ4v) is 2.06. The number of rotatable bonds is 4. The SMILES string of the molecule is CC1CCCC(OCCCBr)C1. The molecule has 0 bridgehead atoms. The quantitative estimate of drug-likeness (QED) is 0.536. The van der Waals surface area contributed by atoms with Crippen molar-refractivity contribution in [2.24, 2.45) is 5.92 Å². The molecule has 0 spiro atoms. The number of halogens is 1. The molecule has 0 amide bonds. The summed E-state index contributed by atoms with van der Waals surface area (Å²) in [6, 6.07) is 0. The van der Waals surface area contributed by atoms with Gasteiger partial charge in [-0.3, -0.25) is 0 Å². The highest BCUT2D eigenvalue weighted by molar-refractivity contribution is 9.09. The van der Waals surface area contributed by atoms with Crippen LogP contribution in [0, 0.1) is 5.92 Å². The largest absolute Gasteiger partial charge is 0.378 e. The zero-order chi connectivity index (χ0) is 8.81. The summed E-state index contributed by atoms with van der Waals surface area (Å²) < 4.78 is 5.76. The van der Waals surface area contributed by atoms with Crippen LogP contribution in [-0.4, -0.2) is 18.0 Å². The van der Waals surface area contributed by atoms with Crippen LogP contribution >= 0.6 is 15.9 Å². The van der Waals surface area contributed by atoms with Crippen LogP contribution in [0.3, 0.4) is 0 Å². The lowest BCUT2D eigenvalue weighted by atomic mass is 9.89. The van der Waals surface area contributed by atoms with Crippen molar-refractivity contribution in [3.05, 3.63) is 0 Å². The lowest BCUT2D eigenvalue weighted by Gasteiger charge is -2.26. The molecular formula is C10H19BrO. The van der Waals surface area contributed by atoms with E-state index in [1.54, 1.807) is 0 Å². The van der Waals surface area contributed by atoms with Gasteiger partial charge in [-0.1, -0.05) is 35.7 Å². The van der Waals surface area contributed by atoms with E-state index in [9.17, 15) is 0 Å². The molecule has 1 aliphatic rings. The molecule has 0 aliphatic heterocycles. The van der Waals surface area contributed by atoms with Gasteiger partial charge in [-0.15, -0.1) is 0 Å². The smallest absolute Gasteiger partial charge is 0.0577 e. The first-order chi connectivity index (χ1) is 5.83. The predicted octanol–water partition coefficient (Wildman–Crippen LogP) is 3.37. The minimum absolute atomic E-state index is 0.563. The van der Waals surface area contributed by atoms with E-state index < -0.39 is 0 Å². The molecule has 0 radical (unpaired) electrons.